The Balaban J connectivity index is 1.94. The van der Waals surface area contributed by atoms with Crippen LogP contribution in [0.4, 0.5) is 11.4 Å². The summed E-state index contributed by atoms with van der Waals surface area (Å²) in [6, 6.07) is 23.9. The summed E-state index contributed by atoms with van der Waals surface area (Å²) in [7, 11) is 0. The minimum atomic E-state index is 0.536. The predicted molar refractivity (Wildman–Crippen MR) is 108 cm³/mol. The molecule has 3 aromatic carbocycles. The lowest BCUT2D eigenvalue weighted by molar-refractivity contribution is 1.18. The molecule has 0 aliphatic carbocycles. The van der Waals surface area contributed by atoms with Crippen LogP contribution in [0.15, 0.2) is 88.1 Å². The van der Waals surface area contributed by atoms with Crippen molar-refractivity contribution in [3.05, 3.63) is 95.1 Å². The second-order valence-electron chi connectivity index (χ2n) is 6.23. The zero-order chi connectivity index (χ0) is 18.4. The third-order valence-electron chi connectivity index (χ3n) is 3.98. The number of hydrogen-bond acceptors (Lipinski definition) is 3. The summed E-state index contributed by atoms with van der Waals surface area (Å²) in [4.78, 5) is 0. The number of azo groups is 1. The Morgan fingerprint density at radius 2 is 1.35 bits per heavy atom. The standard InChI is InChI=1S/C22H22N4/c1-16-14-17(2)21(18(3)15-16)24-26-22(19-10-6-4-7-11-19)25-23-20-12-8-5-9-13-20/h4-15,23H,1-3H3/b25-22+,26-24?. The molecule has 0 bridgehead atoms. The Bertz CT molecular complexity index is 906. The summed E-state index contributed by atoms with van der Waals surface area (Å²) >= 11 is 0. The molecule has 3 rings (SSSR count). The zero-order valence-corrected chi connectivity index (χ0v) is 15.3. The van der Waals surface area contributed by atoms with Crippen LogP contribution < -0.4 is 5.43 Å². The lowest BCUT2D eigenvalue weighted by atomic mass is 10.1. The number of nitrogens with zero attached hydrogens (tertiary/aromatic N) is 3. The molecule has 0 heterocycles. The number of amidine groups is 1. The molecule has 1 N–H and O–H groups in total. The number of rotatable bonds is 4. The van der Waals surface area contributed by atoms with Gasteiger partial charge < -0.3 is 0 Å². The number of para-hydroxylation sites is 1. The van der Waals surface area contributed by atoms with E-state index in [1.54, 1.807) is 0 Å². The Morgan fingerprint density at radius 3 is 1.96 bits per heavy atom. The highest BCUT2D eigenvalue weighted by Crippen LogP contribution is 2.25. The van der Waals surface area contributed by atoms with Crippen molar-refractivity contribution in [3.8, 4) is 0 Å². The van der Waals surface area contributed by atoms with Gasteiger partial charge in [-0.25, -0.2) is 0 Å². The number of anilines is 1. The van der Waals surface area contributed by atoms with Crippen LogP contribution >= 0.6 is 0 Å². The fraction of sp³-hybridized carbons (Fsp3) is 0.136. The molecular weight excluding hydrogens is 320 g/mol. The van der Waals surface area contributed by atoms with Gasteiger partial charge in [0, 0.05) is 5.56 Å². The molecule has 0 unspecified atom stereocenters. The zero-order valence-electron chi connectivity index (χ0n) is 15.3. The van der Waals surface area contributed by atoms with Crippen LogP contribution in [0.3, 0.4) is 0 Å². The molecule has 0 spiro atoms. The van der Waals surface area contributed by atoms with Gasteiger partial charge >= 0.3 is 0 Å². The Kier molecular flexibility index (Phi) is 5.54. The molecule has 0 atom stereocenters. The molecule has 0 saturated carbocycles. The van der Waals surface area contributed by atoms with Gasteiger partial charge in [0.05, 0.1) is 11.4 Å². The molecule has 0 fully saturated rings. The van der Waals surface area contributed by atoms with E-state index in [2.05, 4.69) is 53.7 Å². The second kappa shape index (κ2) is 8.21. The highest BCUT2D eigenvalue weighted by molar-refractivity contribution is 5.99. The van der Waals surface area contributed by atoms with Gasteiger partial charge in [0.1, 0.15) is 0 Å². The van der Waals surface area contributed by atoms with Crippen LogP contribution in [0.25, 0.3) is 0 Å². The quantitative estimate of drug-likeness (QED) is 0.262. The summed E-state index contributed by atoms with van der Waals surface area (Å²) in [6.07, 6.45) is 0. The normalized spacial score (nSPS) is 11.7. The van der Waals surface area contributed by atoms with Crippen LogP contribution in [0.2, 0.25) is 0 Å². The fourth-order valence-corrected chi connectivity index (χ4v) is 2.79. The topological polar surface area (TPSA) is 49.1 Å². The SMILES string of the molecule is Cc1cc(C)c(N=N/C(=N/Nc2ccccc2)c2ccccc2)c(C)c1. The van der Waals surface area contributed by atoms with Crippen LogP contribution in [-0.2, 0) is 0 Å². The maximum Gasteiger partial charge on any atom is 0.201 e. The highest BCUT2D eigenvalue weighted by Gasteiger charge is 2.06. The highest BCUT2D eigenvalue weighted by atomic mass is 15.3. The number of hydrazone groups is 1. The molecule has 3 aromatic rings. The van der Waals surface area contributed by atoms with Crippen molar-refractivity contribution in [1.29, 1.82) is 0 Å². The van der Waals surface area contributed by atoms with Crippen molar-refractivity contribution in [2.75, 3.05) is 5.43 Å². The van der Waals surface area contributed by atoms with E-state index in [1.807, 2.05) is 60.7 Å². The number of nitrogens with one attached hydrogen (secondary N) is 1. The molecular formula is C22H22N4. The van der Waals surface area contributed by atoms with Gasteiger partial charge in [-0.1, -0.05) is 66.2 Å². The van der Waals surface area contributed by atoms with Crippen LogP contribution in [0.5, 0.6) is 0 Å². The first-order chi connectivity index (χ1) is 12.6. The summed E-state index contributed by atoms with van der Waals surface area (Å²) in [6.45, 7) is 6.19. The van der Waals surface area contributed by atoms with Crippen molar-refractivity contribution in [2.45, 2.75) is 20.8 Å². The average Bonchev–Trinajstić information content (AvgIpc) is 2.65. The van der Waals surface area contributed by atoms with E-state index in [-0.39, 0.29) is 0 Å². The predicted octanol–water partition coefficient (Wildman–Crippen LogP) is 6.17. The van der Waals surface area contributed by atoms with E-state index in [0.29, 0.717) is 5.84 Å². The first-order valence-electron chi connectivity index (χ1n) is 8.57. The van der Waals surface area contributed by atoms with Gasteiger partial charge in [0.2, 0.25) is 5.84 Å². The molecule has 0 radical (unpaired) electrons. The van der Waals surface area contributed by atoms with Crippen LogP contribution in [0.1, 0.15) is 22.3 Å². The maximum atomic E-state index is 4.49. The van der Waals surface area contributed by atoms with Crippen LogP contribution in [-0.4, -0.2) is 5.84 Å². The number of benzene rings is 3. The first-order valence-corrected chi connectivity index (χ1v) is 8.57. The molecule has 130 valence electrons. The van der Waals surface area contributed by atoms with Gasteiger partial charge in [0.25, 0.3) is 0 Å². The van der Waals surface area contributed by atoms with Gasteiger partial charge in [0.15, 0.2) is 0 Å². The van der Waals surface area contributed by atoms with Crippen LogP contribution in [0, 0.1) is 20.8 Å². The Hall–Kier alpha value is -3.27. The minimum Gasteiger partial charge on any atom is -0.276 e. The third-order valence-corrected chi connectivity index (χ3v) is 3.98. The van der Waals surface area contributed by atoms with Crippen molar-refractivity contribution < 1.29 is 0 Å². The van der Waals surface area contributed by atoms with Gasteiger partial charge in [-0.3, -0.25) is 5.43 Å². The average molecular weight is 342 g/mol. The minimum absolute atomic E-state index is 0.536. The van der Waals surface area contributed by atoms with Crippen molar-refractivity contribution in [1.82, 2.24) is 0 Å². The van der Waals surface area contributed by atoms with Crippen molar-refractivity contribution >= 4 is 17.2 Å². The largest absolute Gasteiger partial charge is 0.276 e. The molecule has 4 nitrogen and oxygen atoms in total. The number of aryl methyl sites for hydroxylation is 3. The fourth-order valence-electron chi connectivity index (χ4n) is 2.79. The summed E-state index contributed by atoms with van der Waals surface area (Å²) in [5, 5.41) is 13.4. The molecule has 4 heteroatoms. The molecule has 0 saturated heterocycles. The Morgan fingerprint density at radius 1 is 0.769 bits per heavy atom. The molecule has 0 amide bonds. The van der Waals surface area contributed by atoms with Gasteiger partial charge in [-0.05, 0) is 44.0 Å². The van der Waals surface area contributed by atoms with E-state index < -0.39 is 0 Å². The number of hydrogen-bond donors (Lipinski definition) is 1. The van der Waals surface area contributed by atoms with Gasteiger partial charge in [-0.15, -0.1) is 10.2 Å². The molecule has 0 aliphatic heterocycles. The summed E-state index contributed by atoms with van der Waals surface area (Å²) in [5.41, 5.74) is 9.18. The van der Waals surface area contributed by atoms with E-state index in [4.69, 9.17) is 0 Å². The summed E-state index contributed by atoms with van der Waals surface area (Å²) < 4.78 is 0. The molecule has 26 heavy (non-hydrogen) atoms. The summed E-state index contributed by atoms with van der Waals surface area (Å²) in [5.74, 6) is 0.536. The monoisotopic (exact) mass is 342 g/mol. The van der Waals surface area contributed by atoms with E-state index in [0.717, 1.165) is 28.1 Å². The van der Waals surface area contributed by atoms with E-state index in [9.17, 15) is 0 Å². The molecule has 0 aliphatic rings. The first kappa shape index (κ1) is 17.5. The maximum absolute atomic E-state index is 4.49. The van der Waals surface area contributed by atoms with E-state index >= 15 is 0 Å². The Labute approximate surface area is 154 Å². The van der Waals surface area contributed by atoms with E-state index in [1.165, 1.54) is 5.56 Å². The van der Waals surface area contributed by atoms with Crippen molar-refractivity contribution in [3.63, 3.8) is 0 Å². The molecule has 0 aromatic heterocycles. The second-order valence-corrected chi connectivity index (χ2v) is 6.23. The van der Waals surface area contributed by atoms with Gasteiger partial charge in [-0.2, -0.15) is 5.10 Å². The lowest BCUT2D eigenvalue weighted by Gasteiger charge is -2.06. The van der Waals surface area contributed by atoms with Crippen molar-refractivity contribution in [2.24, 2.45) is 15.3 Å². The smallest absolute Gasteiger partial charge is 0.201 e. The third kappa shape index (κ3) is 4.42. The lowest BCUT2D eigenvalue weighted by Crippen LogP contribution is -2.01.